The fraction of sp³-hybridized carbons (Fsp3) is 0.429. The summed E-state index contributed by atoms with van der Waals surface area (Å²) in [5.41, 5.74) is 0.0820. The number of aliphatic hydroxyl groups is 1. The van der Waals surface area contributed by atoms with Gasteiger partial charge in [-0.2, -0.15) is 0 Å². The van der Waals surface area contributed by atoms with Crippen molar-refractivity contribution >= 4 is 12.2 Å². The largest absolute Gasteiger partial charge is 0.508 e. The van der Waals surface area contributed by atoms with Crippen molar-refractivity contribution in [3.8, 4) is 0 Å². The lowest BCUT2D eigenvalue weighted by atomic mass is 10.0. The number of allylic oxidation sites excluding steroid dienone is 3. The summed E-state index contributed by atoms with van der Waals surface area (Å²) < 4.78 is 0. The Morgan fingerprint density at radius 3 is 2.89 bits per heavy atom. The van der Waals surface area contributed by atoms with Crippen molar-refractivity contribution in [2.75, 3.05) is 13.6 Å². The summed E-state index contributed by atoms with van der Waals surface area (Å²) in [7, 11) is 1.71. The van der Waals surface area contributed by atoms with Gasteiger partial charge in [-0.1, -0.05) is 12.2 Å². The molecule has 19 heavy (non-hydrogen) atoms. The molecule has 104 valence electrons. The van der Waals surface area contributed by atoms with E-state index in [1.54, 1.807) is 33.0 Å². The summed E-state index contributed by atoms with van der Waals surface area (Å²) in [6, 6.07) is 0. The molecule has 0 radical (unpaired) electrons. The van der Waals surface area contributed by atoms with Gasteiger partial charge in [0.15, 0.2) is 0 Å². The molecule has 1 amide bonds. The second kappa shape index (κ2) is 6.33. The summed E-state index contributed by atoms with van der Waals surface area (Å²) in [6.07, 6.45) is 8.72. The van der Waals surface area contributed by atoms with Gasteiger partial charge in [0.05, 0.1) is 18.4 Å². The Balaban J connectivity index is 2.84. The van der Waals surface area contributed by atoms with Crippen LogP contribution in [-0.4, -0.2) is 41.4 Å². The molecule has 0 aliphatic heterocycles. The number of carbonyl (C=O) groups is 1. The average molecular weight is 263 g/mol. The Kier molecular flexibility index (Phi) is 5.06. The van der Waals surface area contributed by atoms with Crippen LogP contribution in [0, 0.1) is 5.41 Å². The van der Waals surface area contributed by atoms with Gasteiger partial charge in [0.1, 0.15) is 5.76 Å². The van der Waals surface area contributed by atoms with Crippen LogP contribution in [0.1, 0.15) is 20.3 Å². The van der Waals surface area contributed by atoms with Crippen LogP contribution in [0.3, 0.4) is 0 Å². The van der Waals surface area contributed by atoms with E-state index in [0.717, 1.165) is 11.9 Å². The number of hydrogen-bond acceptors (Lipinski definition) is 4. The summed E-state index contributed by atoms with van der Waals surface area (Å²) >= 11 is 0. The van der Waals surface area contributed by atoms with E-state index in [1.807, 2.05) is 12.2 Å². The number of nitrogens with one attached hydrogen (secondary N) is 2. The Hall–Kier alpha value is -1.88. The molecule has 3 N–H and O–H groups in total. The number of likely N-dealkylation sites (N-methyl/N-ethyl adjacent to an activating group) is 1. The molecular weight excluding hydrogens is 242 g/mol. The van der Waals surface area contributed by atoms with Gasteiger partial charge in [0.2, 0.25) is 5.91 Å². The van der Waals surface area contributed by atoms with E-state index in [4.69, 9.17) is 5.41 Å². The first-order chi connectivity index (χ1) is 8.90. The highest BCUT2D eigenvalue weighted by Gasteiger charge is 2.29. The molecule has 0 fully saturated rings. The van der Waals surface area contributed by atoms with Crippen molar-refractivity contribution in [1.29, 1.82) is 5.41 Å². The Morgan fingerprint density at radius 1 is 1.63 bits per heavy atom. The highest BCUT2D eigenvalue weighted by Crippen LogP contribution is 2.13. The van der Waals surface area contributed by atoms with E-state index < -0.39 is 5.54 Å². The lowest BCUT2D eigenvalue weighted by molar-refractivity contribution is -0.132. The van der Waals surface area contributed by atoms with Gasteiger partial charge in [0, 0.05) is 0 Å². The number of amides is 1. The molecule has 1 aliphatic carbocycles. The molecule has 0 saturated carbocycles. The van der Waals surface area contributed by atoms with Crippen molar-refractivity contribution < 1.29 is 9.90 Å². The van der Waals surface area contributed by atoms with Crippen LogP contribution in [0.15, 0.2) is 35.6 Å². The second-order valence-corrected chi connectivity index (χ2v) is 4.92. The molecule has 0 aromatic rings. The molecule has 0 atom stereocenters. The Morgan fingerprint density at radius 2 is 2.32 bits per heavy atom. The molecular formula is C14H21N3O2. The van der Waals surface area contributed by atoms with Gasteiger partial charge in [-0.05, 0) is 45.0 Å². The Bertz CT molecular complexity index is 448. The smallest absolute Gasteiger partial charge is 0.247 e. The SMILES string of the molecule is CNC(C)(C)C(=O)N(C=N)CC1=CCC=CC(O)=C1. The molecule has 1 rings (SSSR count). The molecule has 5 heteroatoms. The first-order valence-corrected chi connectivity index (χ1v) is 6.17. The lowest BCUT2D eigenvalue weighted by Crippen LogP contribution is -2.52. The molecule has 0 spiro atoms. The first kappa shape index (κ1) is 15.2. The fourth-order valence-corrected chi connectivity index (χ4v) is 1.65. The van der Waals surface area contributed by atoms with Crippen LogP contribution in [0.4, 0.5) is 0 Å². The quantitative estimate of drug-likeness (QED) is 0.522. The number of carbonyl (C=O) groups excluding carboxylic acids is 1. The van der Waals surface area contributed by atoms with E-state index >= 15 is 0 Å². The van der Waals surface area contributed by atoms with Gasteiger partial charge >= 0.3 is 0 Å². The topological polar surface area (TPSA) is 76.4 Å². The molecule has 0 saturated heterocycles. The monoisotopic (exact) mass is 263 g/mol. The van der Waals surface area contributed by atoms with Crippen molar-refractivity contribution in [2.24, 2.45) is 0 Å². The highest BCUT2D eigenvalue weighted by atomic mass is 16.3. The number of nitrogens with zero attached hydrogens (tertiary/aromatic N) is 1. The maximum Gasteiger partial charge on any atom is 0.247 e. The van der Waals surface area contributed by atoms with Crippen LogP contribution >= 0.6 is 0 Å². The van der Waals surface area contributed by atoms with E-state index in [0.29, 0.717) is 6.42 Å². The van der Waals surface area contributed by atoms with Crippen molar-refractivity contribution in [3.63, 3.8) is 0 Å². The van der Waals surface area contributed by atoms with Crippen LogP contribution in [0.25, 0.3) is 0 Å². The third-order valence-electron chi connectivity index (χ3n) is 3.07. The predicted molar refractivity (Wildman–Crippen MR) is 76.2 cm³/mol. The van der Waals surface area contributed by atoms with Crippen LogP contribution in [-0.2, 0) is 4.79 Å². The fourth-order valence-electron chi connectivity index (χ4n) is 1.65. The van der Waals surface area contributed by atoms with E-state index in [-0.39, 0.29) is 18.2 Å². The molecule has 1 aliphatic rings. The normalized spacial score (nSPS) is 15.3. The third kappa shape index (κ3) is 4.06. The minimum absolute atomic E-state index is 0.161. The molecule has 0 aromatic heterocycles. The molecule has 0 bridgehead atoms. The second-order valence-electron chi connectivity index (χ2n) is 4.92. The van der Waals surface area contributed by atoms with Crippen molar-refractivity contribution in [2.45, 2.75) is 25.8 Å². The average Bonchev–Trinajstić information content (AvgIpc) is 2.59. The summed E-state index contributed by atoms with van der Waals surface area (Å²) in [6.45, 7) is 3.81. The zero-order valence-corrected chi connectivity index (χ0v) is 11.6. The van der Waals surface area contributed by atoms with E-state index in [9.17, 15) is 9.90 Å². The Labute approximate surface area is 113 Å². The molecule has 5 nitrogen and oxygen atoms in total. The minimum Gasteiger partial charge on any atom is -0.508 e. The molecule has 0 heterocycles. The van der Waals surface area contributed by atoms with Gasteiger partial charge in [-0.15, -0.1) is 0 Å². The van der Waals surface area contributed by atoms with Crippen molar-refractivity contribution in [1.82, 2.24) is 10.2 Å². The van der Waals surface area contributed by atoms with Crippen molar-refractivity contribution in [3.05, 3.63) is 35.6 Å². The lowest BCUT2D eigenvalue weighted by Gasteiger charge is -2.29. The van der Waals surface area contributed by atoms with Gasteiger partial charge in [-0.25, -0.2) is 0 Å². The highest BCUT2D eigenvalue weighted by molar-refractivity contribution is 5.93. The van der Waals surface area contributed by atoms with E-state index in [1.165, 1.54) is 4.90 Å². The first-order valence-electron chi connectivity index (χ1n) is 6.17. The summed E-state index contributed by atoms with van der Waals surface area (Å²) in [4.78, 5) is 13.6. The number of hydrogen-bond donors (Lipinski definition) is 3. The maximum absolute atomic E-state index is 12.3. The minimum atomic E-state index is -0.729. The maximum atomic E-state index is 12.3. The predicted octanol–water partition coefficient (Wildman–Crippen LogP) is 1.75. The number of aliphatic hydroxyl groups excluding tert-OH is 1. The molecule has 0 unspecified atom stereocenters. The zero-order valence-electron chi connectivity index (χ0n) is 11.6. The van der Waals surface area contributed by atoms with Gasteiger partial charge in [0.25, 0.3) is 0 Å². The standard InChI is InChI=1S/C14H21N3O2/c1-14(2,16-3)13(19)17(10-15)9-11-6-4-5-7-12(18)8-11/h5-8,10,15-16,18H,4,9H2,1-3H3. The summed E-state index contributed by atoms with van der Waals surface area (Å²) in [5, 5.41) is 19.9. The summed E-state index contributed by atoms with van der Waals surface area (Å²) in [5.74, 6) is -0.0231. The van der Waals surface area contributed by atoms with Gasteiger partial charge in [-0.3, -0.25) is 15.1 Å². The zero-order chi connectivity index (χ0) is 14.5. The van der Waals surface area contributed by atoms with Crippen LogP contribution in [0.2, 0.25) is 0 Å². The van der Waals surface area contributed by atoms with Gasteiger partial charge < -0.3 is 10.4 Å². The van der Waals surface area contributed by atoms with Crippen LogP contribution in [0.5, 0.6) is 0 Å². The number of rotatable bonds is 5. The molecule has 0 aromatic carbocycles. The van der Waals surface area contributed by atoms with E-state index in [2.05, 4.69) is 5.32 Å². The van der Waals surface area contributed by atoms with Crippen LogP contribution < -0.4 is 5.32 Å². The third-order valence-corrected chi connectivity index (χ3v) is 3.07.